The van der Waals surface area contributed by atoms with Crippen LogP contribution in [-0.4, -0.2) is 0 Å². The van der Waals surface area contributed by atoms with E-state index in [1.165, 1.54) is 6.07 Å². The summed E-state index contributed by atoms with van der Waals surface area (Å²) in [7, 11) is 0. The van der Waals surface area contributed by atoms with E-state index in [1.807, 2.05) is 13.8 Å². The zero-order valence-corrected chi connectivity index (χ0v) is 9.28. The predicted octanol–water partition coefficient (Wildman–Crippen LogP) is 2.75. The van der Waals surface area contributed by atoms with Crippen LogP contribution in [0.25, 0.3) is 0 Å². The van der Waals surface area contributed by atoms with Crippen LogP contribution in [0.1, 0.15) is 25.3 Å². The van der Waals surface area contributed by atoms with E-state index in [0.717, 1.165) is 5.56 Å². The summed E-state index contributed by atoms with van der Waals surface area (Å²) in [5.74, 6) is 0.104. The zero-order valence-electron chi connectivity index (χ0n) is 6.57. The Bertz CT molecular complexity index is 221. The van der Waals surface area contributed by atoms with Gasteiger partial charge in [-0.15, -0.1) is 11.6 Å². The van der Waals surface area contributed by atoms with Crippen molar-refractivity contribution in [3.05, 3.63) is 35.6 Å². The third kappa shape index (κ3) is 2.73. The normalized spacial score (nSPS) is 9.45. The summed E-state index contributed by atoms with van der Waals surface area (Å²) in [6, 6.07) is 7.55. The van der Waals surface area contributed by atoms with Gasteiger partial charge in [0.15, 0.2) is 0 Å². The van der Waals surface area contributed by atoms with Gasteiger partial charge >= 0.3 is 0 Å². The molecule has 0 aliphatic carbocycles. The molecule has 1 aromatic rings. The second-order valence-electron chi connectivity index (χ2n) is 2.60. The van der Waals surface area contributed by atoms with Crippen molar-refractivity contribution in [3.63, 3.8) is 0 Å². The molecule has 1 aromatic carbocycles. The fourth-order valence-corrected chi connectivity index (χ4v) is 0.890. The molecule has 61 valence electrons. The minimum Gasteiger partial charge on any atom is -0.284 e. The third-order valence-electron chi connectivity index (χ3n) is 1.47. The molecule has 0 N–H and O–H groups in total. The van der Waals surface area contributed by atoms with Crippen LogP contribution < -0.4 is 0 Å². The molecule has 0 spiro atoms. The molecule has 0 aliphatic rings. The maximum atomic E-state index is 12.8. The summed E-state index contributed by atoms with van der Waals surface area (Å²) in [6.45, 7) is 3.94. The summed E-state index contributed by atoms with van der Waals surface area (Å²) in [4.78, 5) is 0. The monoisotopic (exact) mass is 324 g/mol. The van der Waals surface area contributed by atoms with E-state index in [0.29, 0.717) is 0 Å². The van der Waals surface area contributed by atoms with Gasteiger partial charge in [-0.25, -0.2) is 0 Å². The van der Waals surface area contributed by atoms with Crippen LogP contribution >= 0.6 is 0 Å². The van der Waals surface area contributed by atoms with Gasteiger partial charge in [-0.05, 0) is 5.92 Å². The van der Waals surface area contributed by atoms with Gasteiger partial charge < -0.3 is 0 Å². The Balaban J connectivity index is 0.000001000. The number of hydrogen-bond acceptors (Lipinski definition) is 0. The van der Waals surface area contributed by atoms with E-state index in [-0.39, 0.29) is 32.2 Å². The third-order valence-corrected chi connectivity index (χ3v) is 1.47. The number of hydrogen-bond donors (Lipinski definition) is 0. The first kappa shape index (κ1) is 10.8. The minimum atomic E-state index is -0.155. The van der Waals surface area contributed by atoms with Gasteiger partial charge in [0.2, 0.25) is 0 Å². The van der Waals surface area contributed by atoms with Gasteiger partial charge in [-0.1, -0.05) is 13.8 Å². The Kier molecular flexibility index (Phi) is 4.56. The molecule has 0 fully saturated rings. The fourth-order valence-electron chi connectivity index (χ4n) is 0.890. The summed E-state index contributed by atoms with van der Waals surface area (Å²) in [5, 5.41) is 0. The molecule has 0 unspecified atom stereocenters. The van der Waals surface area contributed by atoms with Gasteiger partial charge in [-0.2, -0.15) is 18.2 Å². The Morgan fingerprint density at radius 3 is 2.45 bits per heavy atom. The van der Waals surface area contributed by atoms with Crippen LogP contribution in [-0.2, 0) is 20.4 Å². The minimum absolute atomic E-state index is 0. The standard InChI is InChI=1S/C9H10F.Re/c1-7(2)8-5-3-4-6-9(8)10;/h3,5-7H,1-2H3;/q-1;. The summed E-state index contributed by atoms with van der Waals surface area (Å²) >= 11 is 0. The van der Waals surface area contributed by atoms with Crippen molar-refractivity contribution in [2.45, 2.75) is 19.8 Å². The molecule has 0 saturated heterocycles. The van der Waals surface area contributed by atoms with Crippen LogP contribution in [0, 0.1) is 11.9 Å². The van der Waals surface area contributed by atoms with Crippen molar-refractivity contribution < 1.29 is 24.8 Å². The first-order valence-corrected chi connectivity index (χ1v) is 3.37. The molecule has 0 amide bonds. The van der Waals surface area contributed by atoms with E-state index in [4.69, 9.17) is 0 Å². The number of halogens is 1. The summed E-state index contributed by atoms with van der Waals surface area (Å²) in [5.41, 5.74) is 0.763. The molecule has 1 rings (SSSR count). The quantitative estimate of drug-likeness (QED) is 0.697. The van der Waals surface area contributed by atoms with E-state index in [1.54, 1.807) is 12.1 Å². The number of benzene rings is 1. The molecular weight excluding hydrogens is 313 g/mol. The van der Waals surface area contributed by atoms with E-state index >= 15 is 0 Å². The molecule has 0 aliphatic heterocycles. The molecule has 0 bridgehead atoms. The Morgan fingerprint density at radius 1 is 1.45 bits per heavy atom. The van der Waals surface area contributed by atoms with Crippen molar-refractivity contribution in [1.82, 2.24) is 0 Å². The number of rotatable bonds is 1. The Hall–Kier alpha value is -0.188. The molecule has 0 saturated carbocycles. The van der Waals surface area contributed by atoms with E-state index < -0.39 is 0 Å². The second kappa shape index (κ2) is 4.64. The molecule has 0 atom stereocenters. The smallest absolute Gasteiger partial charge is 0.0121 e. The van der Waals surface area contributed by atoms with Crippen LogP contribution in [0.4, 0.5) is 4.39 Å². The van der Waals surface area contributed by atoms with Crippen LogP contribution in [0.3, 0.4) is 0 Å². The molecule has 0 aromatic heterocycles. The second-order valence-corrected chi connectivity index (χ2v) is 2.60. The predicted molar refractivity (Wildman–Crippen MR) is 39.3 cm³/mol. The SMILES string of the molecule is CC(C)c1cc[c-]cc1F.[Re]. The van der Waals surface area contributed by atoms with Crippen LogP contribution in [0.5, 0.6) is 0 Å². The molecular formula is C9H10FRe-. The van der Waals surface area contributed by atoms with Crippen molar-refractivity contribution in [3.8, 4) is 0 Å². The fraction of sp³-hybridized carbons (Fsp3) is 0.333. The van der Waals surface area contributed by atoms with E-state index in [9.17, 15) is 4.39 Å². The van der Waals surface area contributed by atoms with Gasteiger partial charge in [0, 0.05) is 26.2 Å². The van der Waals surface area contributed by atoms with Gasteiger partial charge in [0.25, 0.3) is 0 Å². The van der Waals surface area contributed by atoms with Gasteiger partial charge in [0.05, 0.1) is 0 Å². The maximum Gasteiger partial charge on any atom is 0.0121 e. The van der Waals surface area contributed by atoms with E-state index in [2.05, 4.69) is 6.07 Å². The van der Waals surface area contributed by atoms with Gasteiger partial charge in [0.1, 0.15) is 0 Å². The first-order valence-electron chi connectivity index (χ1n) is 3.37. The topological polar surface area (TPSA) is 0 Å². The Labute approximate surface area is 80.5 Å². The van der Waals surface area contributed by atoms with Crippen LogP contribution in [0.15, 0.2) is 18.2 Å². The largest absolute Gasteiger partial charge is 0.284 e. The molecule has 2 heteroatoms. The molecule has 1 radical (unpaired) electrons. The van der Waals surface area contributed by atoms with Crippen molar-refractivity contribution in [2.75, 3.05) is 0 Å². The molecule has 11 heavy (non-hydrogen) atoms. The van der Waals surface area contributed by atoms with Crippen molar-refractivity contribution >= 4 is 0 Å². The van der Waals surface area contributed by atoms with Gasteiger partial charge in [-0.3, -0.25) is 4.39 Å². The van der Waals surface area contributed by atoms with Crippen LogP contribution in [0.2, 0.25) is 0 Å². The molecule has 0 heterocycles. The Morgan fingerprint density at radius 2 is 2.09 bits per heavy atom. The zero-order chi connectivity index (χ0) is 7.56. The first-order chi connectivity index (χ1) is 4.72. The maximum absolute atomic E-state index is 12.8. The molecule has 0 nitrogen and oxygen atoms in total. The average Bonchev–Trinajstić information content (AvgIpc) is 1.88. The summed E-state index contributed by atoms with van der Waals surface area (Å²) < 4.78 is 12.8. The van der Waals surface area contributed by atoms with Crippen molar-refractivity contribution in [2.24, 2.45) is 0 Å². The van der Waals surface area contributed by atoms with Crippen molar-refractivity contribution in [1.29, 1.82) is 0 Å². The average molecular weight is 323 g/mol. The summed E-state index contributed by atoms with van der Waals surface area (Å²) in [6.07, 6.45) is 0.